The molecule has 3 unspecified atom stereocenters. The second kappa shape index (κ2) is 9.54. The predicted molar refractivity (Wildman–Crippen MR) is 85.5 cm³/mol. The van der Waals surface area contributed by atoms with E-state index in [1.165, 1.54) is 0 Å². The van der Waals surface area contributed by atoms with E-state index >= 15 is 0 Å². The monoisotopic (exact) mass is 299 g/mol. The van der Waals surface area contributed by atoms with E-state index in [-0.39, 0.29) is 5.92 Å². The molecule has 0 heterocycles. The van der Waals surface area contributed by atoms with Gasteiger partial charge in [0, 0.05) is 45.7 Å². The van der Waals surface area contributed by atoms with Crippen LogP contribution >= 0.6 is 0 Å². The molecule has 1 fully saturated rings. The van der Waals surface area contributed by atoms with Gasteiger partial charge in [-0.15, -0.1) is 0 Å². The molecule has 0 spiro atoms. The maximum Gasteiger partial charge on any atom is 0.137 e. The largest absolute Gasteiger partial charge is 0.383 e. The second-order valence-electron chi connectivity index (χ2n) is 6.73. The highest BCUT2D eigenvalue weighted by molar-refractivity contribution is 5.82. The third-order valence-corrected chi connectivity index (χ3v) is 4.82. The number of ketones is 1. The van der Waals surface area contributed by atoms with E-state index in [0.29, 0.717) is 36.9 Å². The molecule has 0 aromatic heterocycles. The summed E-state index contributed by atoms with van der Waals surface area (Å²) in [6.07, 6.45) is 2.86. The highest BCUT2D eigenvalue weighted by Crippen LogP contribution is 2.32. The second-order valence-corrected chi connectivity index (χ2v) is 6.73. The number of Topliss-reactive ketones (excluding diaryl/α,β-unsaturated/α-hetero) is 1. The molecular weight excluding hydrogens is 266 g/mol. The molecule has 0 aromatic rings. The average Bonchev–Trinajstić information content (AvgIpc) is 2.45. The zero-order chi connectivity index (χ0) is 15.8. The SMILES string of the molecule is COCCN(CC1CC(C(C)C)CCC1=O)C(C)COC. The van der Waals surface area contributed by atoms with Gasteiger partial charge in [-0.1, -0.05) is 13.8 Å². The molecule has 0 amide bonds. The third-order valence-electron chi connectivity index (χ3n) is 4.82. The lowest BCUT2D eigenvalue weighted by Gasteiger charge is -2.36. The fraction of sp³-hybridized carbons (Fsp3) is 0.941. The van der Waals surface area contributed by atoms with Crippen molar-refractivity contribution in [2.45, 2.75) is 46.1 Å². The van der Waals surface area contributed by atoms with Gasteiger partial charge in [-0.05, 0) is 31.6 Å². The van der Waals surface area contributed by atoms with Crippen LogP contribution in [0.4, 0.5) is 0 Å². The quantitative estimate of drug-likeness (QED) is 0.656. The minimum absolute atomic E-state index is 0.183. The number of hydrogen-bond donors (Lipinski definition) is 0. The summed E-state index contributed by atoms with van der Waals surface area (Å²) in [5.41, 5.74) is 0. The van der Waals surface area contributed by atoms with Crippen molar-refractivity contribution >= 4 is 5.78 Å². The molecule has 0 aromatic carbocycles. The van der Waals surface area contributed by atoms with Gasteiger partial charge in [-0.25, -0.2) is 0 Å². The van der Waals surface area contributed by atoms with Crippen molar-refractivity contribution in [1.29, 1.82) is 0 Å². The molecule has 1 rings (SSSR count). The minimum Gasteiger partial charge on any atom is -0.383 e. The summed E-state index contributed by atoms with van der Waals surface area (Å²) in [6.45, 7) is 9.79. The number of methoxy groups -OCH3 is 2. The minimum atomic E-state index is 0.183. The molecule has 0 N–H and O–H groups in total. The number of hydrogen-bond acceptors (Lipinski definition) is 4. The van der Waals surface area contributed by atoms with Gasteiger partial charge in [0.05, 0.1) is 13.2 Å². The van der Waals surface area contributed by atoms with Crippen molar-refractivity contribution in [3.63, 3.8) is 0 Å². The van der Waals surface area contributed by atoms with E-state index in [1.807, 2.05) is 0 Å². The summed E-state index contributed by atoms with van der Waals surface area (Å²) in [5.74, 6) is 1.99. The van der Waals surface area contributed by atoms with Crippen molar-refractivity contribution in [2.75, 3.05) is 40.5 Å². The number of carbonyl (C=O) groups is 1. The van der Waals surface area contributed by atoms with Crippen LogP contribution in [0, 0.1) is 17.8 Å². The molecule has 21 heavy (non-hydrogen) atoms. The van der Waals surface area contributed by atoms with Gasteiger partial charge in [0.2, 0.25) is 0 Å². The molecule has 0 bridgehead atoms. The summed E-state index contributed by atoms with van der Waals surface area (Å²) in [5, 5.41) is 0. The Morgan fingerprint density at radius 3 is 2.52 bits per heavy atom. The molecule has 3 atom stereocenters. The van der Waals surface area contributed by atoms with E-state index < -0.39 is 0 Å². The van der Waals surface area contributed by atoms with E-state index in [1.54, 1.807) is 14.2 Å². The van der Waals surface area contributed by atoms with Gasteiger partial charge in [0.25, 0.3) is 0 Å². The number of nitrogens with zero attached hydrogens (tertiary/aromatic N) is 1. The first-order valence-corrected chi connectivity index (χ1v) is 8.24. The van der Waals surface area contributed by atoms with Crippen LogP contribution in [0.5, 0.6) is 0 Å². The van der Waals surface area contributed by atoms with Gasteiger partial charge in [-0.2, -0.15) is 0 Å². The molecule has 0 aliphatic heterocycles. The number of carbonyl (C=O) groups excluding carboxylic acids is 1. The van der Waals surface area contributed by atoms with Gasteiger partial charge >= 0.3 is 0 Å². The lowest BCUT2D eigenvalue weighted by molar-refractivity contribution is -0.127. The molecule has 4 nitrogen and oxygen atoms in total. The average molecular weight is 299 g/mol. The van der Waals surface area contributed by atoms with Crippen LogP contribution in [0.25, 0.3) is 0 Å². The summed E-state index contributed by atoms with van der Waals surface area (Å²) in [6, 6.07) is 0.317. The fourth-order valence-corrected chi connectivity index (χ4v) is 3.26. The summed E-state index contributed by atoms with van der Waals surface area (Å²) >= 11 is 0. The third kappa shape index (κ3) is 6.05. The van der Waals surface area contributed by atoms with Gasteiger partial charge < -0.3 is 9.47 Å². The molecule has 0 radical (unpaired) electrons. The first kappa shape index (κ1) is 18.6. The highest BCUT2D eigenvalue weighted by Gasteiger charge is 2.32. The van der Waals surface area contributed by atoms with Crippen LogP contribution in [-0.4, -0.2) is 57.2 Å². The van der Waals surface area contributed by atoms with Crippen LogP contribution in [0.3, 0.4) is 0 Å². The summed E-state index contributed by atoms with van der Waals surface area (Å²) in [7, 11) is 3.45. The van der Waals surface area contributed by atoms with Gasteiger partial charge in [0.15, 0.2) is 0 Å². The van der Waals surface area contributed by atoms with E-state index in [4.69, 9.17) is 9.47 Å². The molecule has 0 saturated heterocycles. The van der Waals surface area contributed by atoms with Crippen LogP contribution in [0.1, 0.15) is 40.0 Å². The van der Waals surface area contributed by atoms with Gasteiger partial charge in [0.1, 0.15) is 5.78 Å². The zero-order valence-corrected chi connectivity index (χ0v) is 14.4. The Morgan fingerprint density at radius 1 is 1.24 bits per heavy atom. The number of rotatable bonds is 9. The van der Waals surface area contributed by atoms with Crippen molar-refractivity contribution in [1.82, 2.24) is 4.90 Å². The van der Waals surface area contributed by atoms with Crippen molar-refractivity contribution in [3.8, 4) is 0 Å². The highest BCUT2D eigenvalue weighted by atomic mass is 16.5. The lowest BCUT2D eigenvalue weighted by Crippen LogP contribution is -2.44. The molecule has 1 aliphatic rings. The molecular formula is C17H33NO3. The number of ether oxygens (including phenoxy) is 2. The van der Waals surface area contributed by atoms with Crippen molar-refractivity contribution in [2.24, 2.45) is 17.8 Å². The molecule has 1 saturated carbocycles. The summed E-state index contributed by atoms with van der Waals surface area (Å²) < 4.78 is 10.5. The lowest BCUT2D eigenvalue weighted by atomic mass is 9.75. The maximum absolute atomic E-state index is 12.3. The summed E-state index contributed by atoms with van der Waals surface area (Å²) in [4.78, 5) is 14.6. The van der Waals surface area contributed by atoms with Crippen molar-refractivity contribution in [3.05, 3.63) is 0 Å². The van der Waals surface area contributed by atoms with E-state index in [0.717, 1.165) is 32.4 Å². The van der Waals surface area contributed by atoms with Crippen molar-refractivity contribution < 1.29 is 14.3 Å². The maximum atomic E-state index is 12.3. The molecule has 4 heteroatoms. The Hall–Kier alpha value is -0.450. The van der Waals surface area contributed by atoms with Crippen LogP contribution in [0.15, 0.2) is 0 Å². The Labute approximate surface area is 130 Å². The van der Waals surface area contributed by atoms with E-state index in [9.17, 15) is 4.79 Å². The topological polar surface area (TPSA) is 38.8 Å². The standard InChI is InChI=1S/C17H33NO3/c1-13(2)15-6-7-17(19)16(10-15)11-18(8-9-20-4)14(3)12-21-5/h13-16H,6-12H2,1-5H3. The van der Waals surface area contributed by atoms with E-state index in [2.05, 4.69) is 25.7 Å². The van der Waals surface area contributed by atoms with Crippen LogP contribution in [0.2, 0.25) is 0 Å². The van der Waals surface area contributed by atoms with Crippen LogP contribution < -0.4 is 0 Å². The van der Waals surface area contributed by atoms with Crippen LogP contribution in [-0.2, 0) is 14.3 Å². The Kier molecular flexibility index (Phi) is 8.45. The normalized spacial score (nSPS) is 24.8. The fourth-order valence-electron chi connectivity index (χ4n) is 3.26. The smallest absolute Gasteiger partial charge is 0.137 e. The first-order chi connectivity index (χ1) is 9.99. The molecule has 1 aliphatic carbocycles. The molecule has 124 valence electrons. The first-order valence-electron chi connectivity index (χ1n) is 8.24. The van der Waals surface area contributed by atoms with Gasteiger partial charge in [-0.3, -0.25) is 9.69 Å². The Balaban J connectivity index is 2.63. The zero-order valence-electron chi connectivity index (χ0n) is 14.4. The Bertz CT molecular complexity index is 306. The Morgan fingerprint density at radius 2 is 1.95 bits per heavy atom. The predicted octanol–water partition coefficient (Wildman–Crippen LogP) is 2.61.